The van der Waals surface area contributed by atoms with Crippen molar-refractivity contribution < 1.29 is 9.53 Å². The summed E-state index contributed by atoms with van der Waals surface area (Å²) >= 11 is 1.92. The monoisotopic (exact) mass is 412 g/mol. The molecule has 0 aliphatic carbocycles. The van der Waals surface area contributed by atoms with Crippen LogP contribution < -0.4 is 0 Å². The molecule has 0 aliphatic heterocycles. The van der Waals surface area contributed by atoms with E-state index in [9.17, 15) is 4.79 Å². The van der Waals surface area contributed by atoms with E-state index < -0.39 is 0 Å². The summed E-state index contributed by atoms with van der Waals surface area (Å²) in [6.07, 6.45) is 11.0. The first-order chi connectivity index (χ1) is 14.2. The molecule has 2 aromatic carbocycles. The van der Waals surface area contributed by atoms with Crippen LogP contribution in [0.25, 0.3) is 11.1 Å². The van der Waals surface area contributed by atoms with E-state index in [1.165, 1.54) is 61.2 Å². The van der Waals surface area contributed by atoms with Crippen molar-refractivity contribution in [1.82, 2.24) is 0 Å². The Morgan fingerprint density at radius 1 is 0.724 bits per heavy atom. The highest BCUT2D eigenvalue weighted by Gasteiger charge is 2.07. The van der Waals surface area contributed by atoms with Gasteiger partial charge in [-0.25, -0.2) is 4.79 Å². The number of esters is 1. The van der Waals surface area contributed by atoms with Gasteiger partial charge in [-0.1, -0.05) is 83.1 Å². The molecule has 29 heavy (non-hydrogen) atoms. The SMILES string of the molecule is CCCCCCCCOC(=O)c1ccc(-c2ccc(SCCCCC)cc2)cc1. The topological polar surface area (TPSA) is 26.3 Å². The largest absolute Gasteiger partial charge is 0.462 e. The minimum Gasteiger partial charge on any atom is -0.462 e. The number of thioether (sulfide) groups is 1. The summed E-state index contributed by atoms with van der Waals surface area (Å²) in [5.41, 5.74) is 2.93. The number of hydrogen-bond donors (Lipinski definition) is 0. The molecular weight excluding hydrogens is 376 g/mol. The van der Waals surface area contributed by atoms with Gasteiger partial charge in [-0.2, -0.15) is 0 Å². The van der Waals surface area contributed by atoms with E-state index in [-0.39, 0.29) is 5.97 Å². The Kier molecular flexibility index (Phi) is 11.6. The van der Waals surface area contributed by atoms with Gasteiger partial charge in [-0.05, 0) is 54.0 Å². The van der Waals surface area contributed by atoms with E-state index in [1.807, 2.05) is 36.0 Å². The first kappa shape index (κ1) is 23.5. The molecule has 0 radical (unpaired) electrons. The summed E-state index contributed by atoms with van der Waals surface area (Å²) in [6, 6.07) is 16.4. The molecule has 2 nitrogen and oxygen atoms in total. The maximum atomic E-state index is 12.2. The van der Waals surface area contributed by atoms with Gasteiger partial charge >= 0.3 is 5.97 Å². The number of carbonyl (C=O) groups excluding carboxylic acids is 1. The molecule has 0 N–H and O–H groups in total. The molecule has 0 fully saturated rings. The Morgan fingerprint density at radius 3 is 1.93 bits per heavy atom. The van der Waals surface area contributed by atoms with Crippen LogP contribution in [0.15, 0.2) is 53.4 Å². The van der Waals surface area contributed by atoms with Crippen LogP contribution in [0.5, 0.6) is 0 Å². The summed E-state index contributed by atoms with van der Waals surface area (Å²) < 4.78 is 5.41. The molecule has 158 valence electrons. The molecule has 0 heterocycles. The van der Waals surface area contributed by atoms with Crippen molar-refractivity contribution in [2.24, 2.45) is 0 Å². The Balaban J connectivity index is 1.76. The highest BCUT2D eigenvalue weighted by molar-refractivity contribution is 7.99. The van der Waals surface area contributed by atoms with Gasteiger partial charge in [0.15, 0.2) is 0 Å². The van der Waals surface area contributed by atoms with Gasteiger partial charge in [0.1, 0.15) is 0 Å². The number of unbranched alkanes of at least 4 members (excludes halogenated alkanes) is 7. The van der Waals surface area contributed by atoms with Crippen molar-refractivity contribution in [1.29, 1.82) is 0 Å². The van der Waals surface area contributed by atoms with Crippen LogP contribution in [0.3, 0.4) is 0 Å². The third-order valence-corrected chi connectivity index (χ3v) is 6.15. The first-order valence-electron chi connectivity index (χ1n) is 11.2. The average molecular weight is 413 g/mol. The first-order valence-corrected chi connectivity index (χ1v) is 12.2. The number of rotatable bonds is 14. The lowest BCUT2D eigenvalue weighted by Gasteiger charge is -2.07. The predicted molar refractivity (Wildman–Crippen MR) is 126 cm³/mol. The second kappa shape index (κ2) is 14.3. The standard InChI is InChI=1S/C26H36O2S/c1-3-5-7-8-9-10-20-28-26(27)24-14-12-22(13-15-24)23-16-18-25(19-17-23)29-21-11-6-4-2/h12-19H,3-11,20-21H2,1-2H3. The lowest BCUT2D eigenvalue weighted by Crippen LogP contribution is -2.06. The van der Waals surface area contributed by atoms with E-state index in [0.29, 0.717) is 12.2 Å². The minimum atomic E-state index is -0.219. The van der Waals surface area contributed by atoms with Crippen LogP contribution in [0.2, 0.25) is 0 Å². The Labute approximate surface area is 181 Å². The van der Waals surface area contributed by atoms with Crippen LogP contribution in [0, 0.1) is 0 Å². The number of benzene rings is 2. The summed E-state index contributed by atoms with van der Waals surface area (Å²) in [4.78, 5) is 13.5. The van der Waals surface area contributed by atoms with Gasteiger partial charge in [0.2, 0.25) is 0 Å². The van der Waals surface area contributed by atoms with Crippen molar-refractivity contribution in [3.63, 3.8) is 0 Å². The van der Waals surface area contributed by atoms with Gasteiger partial charge in [-0.15, -0.1) is 11.8 Å². The summed E-state index contributed by atoms with van der Waals surface area (Å²) in [7, 11) is 0. The smallest absolute Gasteiger partial charge is 0.338 e. The van der Waals surface area contributed by atoms with Crippen LogP contribution in [0.1, 0.15) is 82.0 Å². The van der Waals surface area contributed by atoms with Gasteiger partial charge in [-0.3, -0.25) is 0 Å². The van der Waals surface area contributed by atoms with E-state index >= 15 is 0 Å². The zero-order chi connectivity index (χ0) is 20.7. The zero-order valence-corrected chi connectivity index (χ0v) is 18.9. The third-order valence-electron chi connectivity index (χ3n) is 5.06. The van der Waals surface area contributed by atoms with Crippen molar-refractivity contribution in [2.45, 2.75) is 76.5 Å². The lowest BCUT2D eigenvalue weighted by molar-refractivity contribution is 0.0497. The molecule has 0 spiro atoms. The van der Waals surface area contributed by atoms with Crippen molar-refractivity contribution in [3.8, 4) is 11.1 Å². The lowest BCUT2D eigenvalue weighted by atomic mass is 10.0. The quantitative estimate of drug-likeness (QED) is 0.178. The molecule has 0 aliphatic rings. The van der Waals surface area contributed by atoms with Gasteiger partial charge in [0.25, 0.3) is 0 Å². The number of hydrogen-bond acceptors (Lipinski definition) is 3. The summed E-state index contributed by atoms with van der Waals surface area (Å²) in [5.74, 6) is 0.965. The fourth-order valence-electron chi connectivity index (χ4n) is 3.22. The maximum absolute atomic E-state index is 12.2. The molecule has 0 saturated carbocycles. The van der Waals surface area contributed by atoms with Crippen LogP contribution in [-0.4, -0.2) is 18.3 Å². The number of ether oxygens (including phenoxy) is 1. The van der Waals surface area contributed by atoms with Crippen LogP contribution >= 0.6 is 11.8 Å². The molecule has 0 bridgehead atoms. The molecule has 0 aromatic heterocycles. The molecule has 0 atom stereocenters. The third kappa shape index (κ3) is 9.08. The molecular formula is C26H36O2S. The van der Waals surface area contributed by atoms with Crippen LogP contribution in [0.4, 0.5) is 0 Å². The summed E-state index contributed by atoms with van der Waals surface area (Å²) in [5, 5.41) is 0. The maximum Gasteiger partial charge on any atom is 0.338 e. The fraction of sp³-hybridized carbons (Fsp3) is 0.500. The number of carbonyl (C=O) groups is 1. The second-order valence-electron chi connectivity index (χ2n) is 7.56. The molecule has 3 heteroatoms. The van der Waals surface area contributed by atoms with Gasteiger partial charge in [0, 0.05) is 4.90 Å². The molecule has 0 amide bonds. The fourth-order valence-corrected chi connectivity index (χ4v) is 4.13. The van der Waals surface area contributed by atoms with Gasteiger partial charge in [0.05, 0.1) is 12.2 Å². The normalized spacial score (nSPS) is 10.8. The summed E-state index contributed by atoms with van der Waals surface area (Å²) in [6.45, 7) is 4.97. The average Bonchev–Trinajstić information content (AvgIpc) is 2.76. The predicted octanol–water partition coefficient (Wildman–Crippen LogP) is 8.15. The van der Waals surface area contributed by atoms with Crippen LogP contribution in [-0.2, 0) is 4.74 Å². The highest BCUT2D eigenvalue weighted by Crippen LogP contribution is 2.25. The minimum absolute atomic E-state index is 0.219. The van der Waals surface area contributed by atoms with E-state index in [1.54, 1.807) is 0 Å². The second-order valence-corrected chi connectivity index (χ2v) is 8.73. The van der Waals surface area contributed by atoms with Crippen molar-refractivity contribution >= 4 is 17.7 Å². The van der Waals surface area contributed by atoms with Gasteiger partial charge < -0.3 is 4.74 Å². The van der Waals surface area contributed by atoms with E-state index in [2.05, 4.69) is 38.1 Å². The van der Waals surface area contributed by atoms with Crippen molar-refractivity contribution in [3.05, 3.63) is 54.1 Å². The van der Waals surface area contributed by atoms with E-state index in [4.69, 9.17) is 4.74 Å². The van der Waals surface area contributed by atoms with E-state index in [0.717, 1.165) is 18.4 Å². The zero-order valence-electron chi connectivity index (χ0n) is 18.1. The molecule has 2 rings (SSSR count). The molecule has 2 aromatic rings. The highest BCUT2D eigenvalue weighted by atomic mass is 32.2. The molecule has 0 unspecified atom stereocenters. The van der Waals surface area contributed by atoms with Crippen molar-refractivity contribution in [2.75, 3.05) is 12.4 Å². The Bertz CT molecular complexity index is 692. The molecule has 0 saturated heterocycles. The Hall–Kier alpha value is -1.74. The Morgan fingerprint density at radius 2 is 1.28 bits per heavy atom.